The maximum absolute atomic E-state index is 3.51. The first kappa shape index (κ1) is 13.9. The highest BCUT2D eigenvalue weighted by molar-refractivity contribution is 5.42. The zero-order chi connectivity index (χ0) is 13.6. The van der Waals surface area contributed by atoms with Crippen LogP contribution in [0, 0.1) is 11.8 Å². The summed E-state index contributed by atoms with van der Waals surface area (Å²) in [4.78, 5) is 2.71. The Bertz CT molecular complexity index is 390. The van der Waals surface area contributed by atoms with Gasteiger partial charge in [0.15, 0.2) is 0 Å². The van der Waals surface area contributed by atoms with Gasteiger partial charge in [-0.2, -0.15) is 0 Å². The highest BCUT2D eigenvalue weighted by atomic mass is 15.1. The van der Waals surface area contributed by atoms with Gasteiger partial charge in [-0.3, -0.25) is 0 Å². The van der Waals surface area contributed by atoms with E-state index in [0.717, 1.165) is 18.4 Å². The predicted molar refractivity (Wildman–Crippen MR) is 86.1 cm³/mol. The van der Waals surface area contributed by atoms with Crippen molar-refractivity contribution in [3.63, 3.8) is 0 Å². The van der Waals surface area contributed by atoms with Crippen LogP contribution in [-0.2, 0) is 0 Å². The van der Waals surface area contributed by atoms with E-state index in [9.17, 15) is 0 Å². The molecule has 2 fully saturated rings. The van der Waals surface area contributed by atoms with Crippen LogP contribution in [0.15, 0.2) is 30.3 Å². The summed E-state index contributed by atoms with van der Waals surface area (Å²) in [7, 11) is 0. The van der Waals surface area contributed by atoms with Crippen LogP contribution in [0.2, 0.25) is 0 Å². The third-order valence-corrected chi connectivity index (χ3v) is 5.13. The number of nitrogens with one attached hydrogen (secondary N) is 1. The second kappa shape index (κ2) is 7.12. The molecule has 0 aromatic heterocycles. The van der Waals surface area contributed by atoms with E-state index in [1.165, 1.54) is 63.8 Å². The first-order valence-electron chi connectivity index (χ1n) is 8.43. The molecule has 0 radical (unpaired) electrons. The van der Waals surface area contributed by atoms with Gasteiger partial charge in [-0.15, -0.1) is 0 Å². The molecule has 0 amide bonds. The number of hydrogen-bond donors (Lipinski definition) is 1. The molecule has 2 nitrogen and oxygen atoms in total. The fraction of sp³-hybridized carbons (Fsp3) is 0.667. The number of benzene rings is 1. The molecule has 0 bridgehead atoms. The Morgan fingerprint density at radius 3 is 2.65 bits per heavy atom. The van der Waals surface area contributed by atoms with Crippen LogP contribution < -0.4 is 5.32 Å². The fourth-order valence-electron chi connectivity index (χ4n) is 3.97. The summed E-state index contributed by atoms with van der Waals surface area (Å²) in [5, 5.41) is 3.51. The summed E-state index contributed by atoms with van der Waals surface area (Å²) in [6.45, 7) is 5.07. The summed E-state index contributed by atoms with van der Waals surface area (Å²) in [5.41, 5.74) is 1.25. The van der Waals surface area contributed by atoms with E-state index in [-0.39, 0.29) is 0 Å². The molecule has 1 aliphatic carbocycles. The molecule has 0 spiro atoms. The molecule has 1 heterocycles. The molecule has 1 saturated carbocycles. The Hall–Kier alpha value is -1.02. The smallest absolute Gasteiger partial charge is 0.0340 e. The Morgan fingerprint density at radius 1 is 1.00 bits per heavy atom. The summed E-state index contributed by atoms with van der Waals surface area (Å²) < 4.78 is 0. The van der Waals surface area contributed by atoms with E-state index in [4.69, 9.17) is 0 Å². The van der Waals surface area contributed by atoms with E-state index in [2.05, 4.69) is 40.5 Å². The first-order chi connectivity index (χ1) is 9.92. The quantitative estimate of drug-likeness (QED) is 0.815. The molecular formula is C18H28N2. The van der Waals surface area contributed by atoms with E-state index in [1.54, 1.807) is 0 Å². The Labute approximate surface area is 123 Å². The average molecular weight is 272 g/mol. The number of para-hydroxylation sites is 1. The minimum Gasteiger partial charge on any atom is -0.385 e. The van der Waals surface area contributed by atoms with Crippen LogP contribution in [-0.4, -0.2) is 31.1 Å². The summed E-state index contributed by atoms with van der Waals surface area (Å²) in [5.74, 6) is 2.07. The molecule has 2 aliphatic rings. The van der Waals surface area contributed by atoms with Gasteiger partial charge in [0.05, 0.1) is 0 Å². The highest BCUT2D eigenvalue weighted by Crippen LogP contribution is 2.35. The standard InChI is InChI=1S/C18H28N2/c1-2-9-18(10-3-1)19-12-6-13-20-14-11-16-7-4-5-8-17(16)15-20/h1-3,9-10,16-17,19H,4-8,11-15H2. The van der Waals surface area contributed by atoms with Crippen molar-refractivity contribution < 1.29 is 0 Å². The lowest BCUT2D eigenvalue weighted by Gasteiger charge is -2.41. The summed E-state index contributed by atoms with van der Waals surface area (Å²) in [6, 6.07) is 10.5. The van der Waals surface area contributed by atoms with Gasteiger partial charge in [0.25, 0.3) is 0 Å². The molecule has 2 heteroatoms. The van der Waals surface area contributed by atoms with E-state index in [1.807, 2.05) is 0 Å². The van der Waals surface area contributed by atoms with Crippen molar-refractivity contribution in [2.24, 2.45) is 11.8 Å². The van der Waals surface area contributed by atoms with Gasteiger partial charge in [0, 0.05) is 18.8 Å². The minimum atomic E-state index is 1.01. The SMILES string of the molecule is c1ccc(NCCCN2CCC3CCCCC3C2)cc1. The Morgan fingerprint density at radius 2 is 1.80 bits per heavy atom. The lowest BCUT2D eigenvalue weighted by atomic mass is 9.75. The Balaban J connectivity index is 1.35. The lowest BCUT2D eigenvalue weighted by Crippen LogP contribution is -2.42. The molecule has 20 heavy (non-hydrogen) atoms. The van der Waals surface area contributed by atoms with Crippen LogP contribution in [0.3, 0.4) is 0 Å². The summed E-state index contributed by atoms with van der Waals surface area (Å²) >= 11 is 0. The average Bonchev–Trinajstić information content (AvgIpc) is 2.52. The van der Waals surface area contributed by atoms with Crippen LogP contribution in [0.1, 0.15) is 38.5 Å². The number of hydrogen-bond acceptors (Lipinski definition) is 2. The zero-order valence-electron chi connectivity index (χ0n) is 12.6. The molecule has 1 aromatic carbocycles. The normalized spacial score (nSPS) is 27.0. The largest absolute Gasteiger partial charge is 0.385 e. The molecule has 3 rings (SSSR count). The third-order valence-electron chi connectivity index (χ3n) is 5.13. The lowest BCUT2D eigenvalue weighted by molar-refractivity contribution is 0.0868. The van der Waals surface area contributed by atoms with E-state index < -0.39 is 0 Å². The number of rotatable bonds is 5. The van der Waals surface area contributed by atoms with Crippen molar-refractivity contribution in [3.8, 4) is 0 Å². The molecule has 1 aromatic rings. The van der Waals surface area contributed by atoms with Gasteiger partial charge in [-0.25, -0.2) is 0 Å². The molecule has 1 aliphatic heterocycles. The predicted octanol–water partition coefficient (Wildman–Crippen LogP) is 4.00. The summed E-state index contributed by atoms with van der Waals surface area (Å²) in [6.07, 6.45) is 8.67. The van der Waals surface area contributed by atoms with E-state index >= 15 is 0 Å². The maximum atomic E-state index is 3.51. The van der Waals surface area contributed by atoms with Crippen molar-refractivity contribution in [1.29, 1.82) is 0 Å². The van der Waals surface area contributed by atoms with Gasteiger partial charge >= 0.3 is 0 Å². The van der Waals surface area contributed by atoms with Crippen LogP contribution >= 0.6 is 0 Å². The zero-order valence-corrected chi connectivity index (χ0v) is 12.6. The maximum Gasteiger partial charge on any atom is 0.0340 e. The van der Waals surface area contributed by atoms with Gasteiger partial charge < -0.3 is 10.2 Å². The number of anilines is 1. The van der Waals surface area contributed by atoms with Crippen molar-refractivity contribution >= 4 is 5.69 Å². The first-order valence-corrected chi connectivity index (χ1v) is 8.43. The topological polar surface area (TPSA) is 15.3 Å². The molecular weight excluding hydrogens is 244 g/mol. The molecule has 2 atom stereocenters. The van der Waals surface area contributed by atoms with Crippen LogP contribution in [0.4, 0.5) is 5.69 Å². The van der Waals surface area contributed by atoms with Crippen molar-refractivity contribution in [1.82, 2.24) is 4.90 Å². The van der Waals surface area contributed by atoms with Gasteiger partial charge in [-0.05, 0) is 56.3 Å². The molecule has 1 N–H and O–H groups in total. The van der Waals surface area contributed by atoms with Crippen molar-refractivity contribution in [2.75, 3.05) is 31.5 Å². The van der Waals surface area contributed by atoms with Crippen LogP contribution in [0.5, 0.6) is 0 Å². The molecule has 2 unspecified atom stereocenters. The van der Waals surface area contributed by atoms with Gasteiger partial charge in [-0.1, -0.05) is 37.5 Å². The van der Waals surface area contributed by atoms with Gasteiger partial charge in [0.1, 0.15) is 0 Å². The van der Waals surface area contributed by atoms with Crippen molar-refractivity contribution in [2.45, 2.75) is 38.5 Å². The number of nitrogens with zero attached hydrogens (tertiary/aromatic N) is 1. The minimum absolute atomic E-state index is 1.01. The van der Waals surface area contributed by atoms with E-state index in [0.29, 0.717) is 0 Å². The fourth-order valence-corrected chi connectivity index (χ4v) is 3.97. The second-order valence-corrected chi connectivity index (χ2v) is 6.54. The number of piperidine rings is 1. The van der Waals surface area contributed by atoms with Crippen molar-refractivity contribution in [3.05, 3.63) is 30.3 Å². The molecule has 110 valence electrons. The van der Waals surface area contributed by atoms with Crippen LogP contribution in [0.25, 0.3) is 0 Å². The number of fused-ring (bicyclic) bond motifs is 1. The second-order valence-electron chi connectivity index (χ2n) is 6.54. The highest BCUT2D eigenvalue weighted by Gasteiger charge is 2.30. The molecule has 1 saturated heterocycles. The number of likely N-dealkylation sites (tertiary alicyclic amines) is 1. The third kappa shape index (κ3) is 3.76. The van der Waals surface area contributed by atoms with Gasteiger partial charge in [0.2, 0.25) is 0 Å². The monoisotopic (exact) mass is 272 g/mol. The Kier molecular flexibility index (Phi) is 4.96.